The van der Waals surface area contributed by atoms with Crippen molar-refractivity contribution >= 4 is 33.5 Å². The summed E-state index contributed by atoms with van der Waals surface area (Å²) >= 11 is 3.29. The molecule has 8 heteroatoms. The van der Waals surface area contributed by atoms with Gasteiger partial charge in [0.2, 0.25) is 0 Å². The molecule has 1 aromatic carbocycles. The van der Waals surface area contributed by atoms with Crippen LogP contribution in [-0.4, -0.2) is 33.9 Å². The average Bonchev–Trinajstić information content (AvgIpc) is 2.95. The predicted molar refractivity (Wildman–Crippen MR) is 74.4 cm³/mol. The second-order valence-corrected chi connectivity index (χ2v) is 4.58. The fourth-order valence-corrected chi connectivity index (χ4v) is 1.93. The molecule has 2 aromatic rings. The Labute approximate surface area is 122 Å². The largest absolute Gasteiger partial charge is 0.462 e. The topological polar surface area (TPSA) is 97.0 Å². The van der Waals surface area contributed by atoms with Gasteiger partial charge in [-0.15, -0.1) is 0 Å². The van der Waals surface area contributed by atoms with Gasteiger partial charge in [0.05, 0.1) is 24.1 Å². The number of hydrogen-bond acceptors (Lipinski definition) is 5. The second kappa shape index (κ2) is 6.29. The number of H-pyrrole nitrogens is 1. The Balaban J connectivity index is 2.14. The summed E-state index contributed by atoms with van der Waals surface area (Å²) in [6.07, 6.45) is 1.32. The number of anilines is 1. The van der Waals surface area contributed by atoms with Crippen molar-refractivity contribution in [2.75, 3.05) is 11.9 Å². The quantitative estimate of drug-likeness (QED) is 0.831. The van der Waals surface area contributed by atoms with Crippen molar-refractivity contribution in [3.8, 4) is 0 Å². The molecule has 7 nitrogen and oxygen atoms in total. The third kappa shape index (κ3) is 3.21. The molecule has 0 aliphatic heterocycles. The Morgan fingerprint density at radius 2 is 2.25 bits per heavy atom. The minimum atomic E-state index is -0.414. The highest BCUT2D eigenvalue weighted by Crippen LogP contribution is 2.24. The first-order valence-corrected chi connectivity index (χ1v) is 6.55. The van der Waals surface area contributed by atoms with Crippen LogP contribution in [0.15, 0.2) is 28.9 Å². The van der Waals surface area contributed by atoms with Crippen LogP contribution in [0.3, 0.4) is 0 Å². The zero-order valence-corrected chi connectivity index (χ0v) is 12.1. The number of rotatable bonds is 4. The highest BCUT2D eigenvalue weighted by atomic mass is 79.9. The summed E-state index contributed by atoms with van der Waals surface area (Å²) in [6.45, 7) is 2.04. The summed E-state index contributed by atoms with van der Waals surface area (Å²) in [5.41, 5.74) is 1.09. The van der Waals surface area contributed by atoms with Crippen LogP contribution in [0.5, 0.6) is 0 Å². The first-order chi connectivity index (χ1) is 9.61. The number of hydrogen-bond donors (Lipinski definition) is 2. The van der Waals surface area contributed by atoms with E-state index >= 15 is 0 Å². The van der Waals surface area contributed by atoms with Crippen molar-refractivity contribution in [1.29, 1.82) is 0 Å². The van der Waals surface area contributed by atoms with Crippen molar-refractivity contribution in [2.45, 2.75) is 6.92 Å². The number of aromatic nitrogens is 3. The van der Waals surface area contributed by atoms with Crippen LogP contribution < -0.4 is 5.32 Å². The minimum absolute atomic E-state index is 0.173. The molecule has 104 valence electrons. The van der Waals surface area contributed by atoms with E-state index in [1.54, 1.807) is 25.1 Å². The van der Waals surface area contributed by atoms with Gasteiger partial charge < -0.3 is 10.1 Å². The third-order valence-corrected chi connectivity index (χ3v) is 3.03. The number of carbonyl (C=O) groups is 2. The zero-order chi connectivity index (χ0) is 14.5. The van der Waals surface area contributed by atoms with Gasteiger partial charge in [0.25, 0.3) is 5.91 Å². The van der Waals surface area contributed by atoms with Crippen LogP contribution in [0.25, 0.3) is 0 Å². The maximum absolute atomic E-state index is 11.8. The summed E-state index contributed by atoms with van der Waals surface area (Å²) in [5, 5.41) is 12.2. The predicted octanol–water partition coefficient (Wildman–Crippen LogP) is 2.00. The van der Waals surface area contributed by atoms with Gasteiger partial charge in [0.1, 0.15) is 0 Å². The van der Waals surface area contributed by atoms with E-state index in [0.717, 1.165) is 0 Å². The molecule has 0 spiro atoms. The van der Waals surface area contributed by atoms with Crippen LogP contribution in [0, 0.1) is 0 Å². The summed E-state index contributed by atoms with van der Waals surface area (Å²) in [7, 11) is 0. The Hall–Kier alpha value is -2.22. The molecule has 20 heavy (non-hydrogen) atoms. The Bertz CT molecular complexity index is 628. The normalized spacial score (nSPS) is 10.1. The van der Waals surface area contributed by atoms with Crippen LogP contribution in [0.2, 0.25) is 0 Å². The van der Waals surface area contributed by atoms with Gasteiger partial charge in [-0.1, -0.05) is 0 Å². The molecule has 0 atom stereocenters. The smallest absolute Gasteiger partial charge is 0.338 e. The van der Waals surface area contributed by atoms with Gasteiger partial charge >= 0.3 is 5.97 Å². The minimum Gasteiger partial charge on any atom is -0.462 e. The molecule has 0 radical (unpaired) electrons. The van der Waals surface area contributed by atoms with Gasteiger partial charge in [-0.05, 0) is 41.1 Å². The van der Waals surface area contributed by atoms with Crippen molar-refractivity contribution in [1.82, 2.24) is 15.4 Å². The number of esters is 1. The van der Waals surface area contributed by atoms with Gasteiger partial charge in [0, 0.05) is 4.47 Å². The van der Waals surface area contributed by atoms with E-state index in [0.29, 0.717) is 22.3 Å². The number of ether oxygens (including phenoxy) is 1. The molecule has 0 aliphatic rings. The fraction of sp³-hybridized carbons (Fsp3) is 0.167. The summed E-state index contributed by atoms with van der Waals surface area (Å²) in [6, 6.07) is 4.76. The van der Waals surface area contributed by atoms with Crippen LogP contribution in [-0.2, 0) is 4.74 Å². The molecule has 1 amide bonds. The number of nitrogens with zero attached hydrogens (tertiary/aromatic N) is 2. The van der Waals surface area contributed by atoms with Gasteiger partial charge in [0.15, 0.2) is 5.69 Å². The van der Waals surface area contributed by atoms with E-state index in [-0.39, 0.29) is 5.69 Å². The molecule has 0 aliphatic carbocycles. The third-order valence-electron chi connectivity index (χ3n) is 2.38. The Morgan fingerprint density at radius 1 is 1.45 bits per heavy atom. The van der Waals surface area contributed by atoms with E-state index in [1.807, 2.05) is 0 Å². The van der Waals surface area contributed by atoms with Crippen LogP contribution in [0.4, 0.5) is 5.69 Å². The van der Waals surface area contributed by atoms with Crippen LogP contribution in [0.1, 0.15) is 27.8 Å². The van der Waals surface area contributed by atoms with Crippen molar-refractivity contribution in [3.05, 3.63) is 40.1 Å². The summed E-state index contributed by atoms with van der Waals surface area (Å²) in [4.78, 5) is 23.4. The zero-order valence-electron chi connectivity index (χ0n) is 10.5. The summed E-state index contributed by atoms with van der Waals surface area (Å²) < 4.78 is 5.46. The van der Waals surface area contributed by atoms with Crippen molar-refractivity contribution < 1.29 is 14.3 Å². The number of nitrogens with one attached hydrogen (secondary N) is 2. The number of benzene rings is 1. The van der Waals surface area contributed by atoms with E-state index in [9.17, 15) is 9.59 Å². The van der Waals surface area contributed by atoms with Crippen molar-refractivity contribution in [3.63, 3.8) is 0 Å². The van der Waals surface area contributed by atoms with E-state index < -0.39 is 11.9 Å². The molecular weight excluding hydrogens is 328 g/mol. The molecule has 0 bridgehead atoms. The van der Waals surface area contributed by atoms with Gasteiger partial charge in [-0.25, -0.2) is 4.79 Å². The van der Waals surface area contributed by atoms with Crippen LogP contribution >= 0.6 is 15.9 Å². The van der Waals surface area contributed by atoms with E-state index in [2.05, 4.69) is 36.7 Å². The highest BCUT2D eigenvalue weighted by Gasteiger charge is 2.13. The van der Waals surface area contributed by atoms with Crippen molar-refractivity contribution in [2.24, 2.45) is 0 Å². The molecule has 1 aromatic heterocycles. The lowest BCUT2D eigenvalue weighted by molar-refractivity contribution is 0.0526. The van der Waals surface area contributed by atoms with Gasteiger partial charge in [-0.2, -0.15) is 15.4 Å². The van der Waals surface area contributed by atoms with E-state index in [1.165, 1.54) is 6.20 Å². The number of aromatic amines is 1. The molecule has 2 N–H and O–H groups in total. The molecule has 0 saturated heterocycles. The maximum atomic E-state index is 11.8. The van der Waals surface area contributed by atoms with Gasteiger partial charge in [-0.3, -0.25) is 4.79 Å². The molecule has 0 unspecified atom stereocenters. The number of halogens is 1. The first kappa shape index (κ1) is 14.2. The fourth-order valence-electron chi connectivity index (χ4n) is 1.46. The number of carbonyl (C=O) groups excluding carboxylic acids is 2. The number of amides is 1. The lowest BCUT2D eigenvalue weighted by Crippen LogP contribution is -2.13. The molecule has 1 heterocycles. The monoisotopic (exact) mass is 338 g/mol. The first-order valence-electron chi connectivity index (χ1n) is 5.75. The second-order valence-electron chi connectivity index (χ2n) is 3.72. The highest BCUT2D eigenvalue weighted by molar-refractivity contribution is 9.10. The average molecular weight is 339 g/mol. The lowest BCUT2D eigenvalue weighted by Gasteiger charge is -2.08. The maximum Gasteiger partial charge on any atom is 0.338 e. The molecule has 0 fully saturated rings. The molecular formula is C12H11BrN4O3. The molecule has 0 saturated carbocycles. The lowest BCUT2D eigenvalue weighted by atomic mass is 10.2. The Kier molecular flexibility index (Phi) is 4.46. The van der Waals surface area contributed by atoms with E-state index in [4.69, 9.17) is 4.74 Å². The SMILES string of the molecule is CCOC(=O)c1ccc(NC(=O)c2cn[nH]n2)c(Br)c1. The molecule has 2 rings (SSSR count). The standard InChI is InChI=1S/C12H11BrN4O3/c1-2-20-12(19)7-3-4-9(8(13)5-7)15-11(18)10-6-14-17-16-10/h3-6H,2H2,1H3,(H,15,18)(H,14,16,17). The summed E-state index contributed by atoms with van der Waals surface area (Å²) in [5.74, 6) is -0.814. The Morgan fingerprint density at radius 3 is 2.85 bits per heavy atom.